The molecule has 0 amide bonds. The first-order chi connectivity index (χ1) is 9.20. The lowest BCUT2D eigenvalue weighted by Gasteiger charge is -2.19. The van der Waals surface area contributed by atoms with Crippen LogP contribution in [0.2, 0.25) is 0 Å². The number of pyridine rings is 1. The molecular formula is C15H15BrClNO. The largest absolute Gasteiger partial charge is 0.469 e. The zero-order valence-electron chi connectivity index (χ0n) is 10.6. The lowest BCUT2D eigenvalue weighted by molar-refractivity contribution is 0.192. The normalized spacial score (nSPS) is 12.2. The van der Waals surface area contributed by atoms with Crippen LogP contribution in [0.5, 0.6) is 5.88 Å². The summed E-state index contributed by atoms with van der Waals surface area (Å²) in [7, 11) is 0. The van der Waals surface area contributed by atoms with Gasteiger partial charge in [0.05, 0.1) is 4.47 Å². The Balaban J connectivity index is 2.24. The molecule has 0 saturated heterocycles. The van der Waals surface area contributed by atoms with Crippen molar-refractivity contribution < 1.29 is 4.74 Å². The van der Waals surface area contributed by atoms with Crippen LogP contribution in [0.3, 0.4) is 0 Å². The second kappa shape index (κ2) is 6.92. The number of aromatic nitrogens is 1. The summed E-state index contributed by atoms with van der Waals surface area (Å²) in [6, 6.07) is 14.0. The second-order valence-corrected chi connectivity index (χ2v) is 5.47. The maximum atomic E-state index is 6.01. The molecule has 0 radical (unpaired) electrons. The van der Waals surface area contributed by atoms with Crippen LogP contribution in [0.15, 0.2) is 46.9 Å². The van der Waals surface area contributed by atoms with E-state index in [1.54, 1.807) is 0 Å². The van der Waals surface area contributed by atoms with Crippen LogP contribution in [0.25, 0.3) is 0 Å². The average Bonchev–Trinajstić information content (AvgIpc) is 2.43. The summed E-state index contributed by atoms with van der Waals surface area (Å²) in [6.45, 7) is 1.94. The summed E-state index contributed by atoms with van der Waals surface area (Å²) < 4.78 is 6.87. The van der Waals surface area contributed by atoms with Gasteiger partial charge in [0.25, 0.3) is 0 Å². The van der Waals surface area contributed by atoms with E-state index >= 15 is 0 Å². The Morgan fingerprint density at radius 3 is 2.63 bits per heavy atom. The van der Waals surface area contributed by atoms with E-state index in [2.05, 4.69) is 20.9 Å². The van der Waals surface area contributed by atoms with Crippen molar-refractivity contribution in [3.8, 4) is 5.88 Å². The molecule has 1 aromatic carbocycles. The molecule has 0 bridgehead atoms. The van der Waals surface area contributed by atoms with E-state index in [1.807, 2.05) is 49.4 Å². The third-order valence-corrected chi connectivity index (χ3v) is 3.57. The molecule has 0 fully saturated rings. The Labute approximate surface area is 126 Å². The fourth-order valence-electron chi connectivity index (χ4n) is 1.79. The van der Waals surface area contributed by atoms with E-state index in [0.29, 0.717) is 11.8 Å². The maximum absolute atomic E-state index is 6.01. The van der Waals surface area contributed by atoms with Crippen molar-refractivity contribution in [2.24, 2.45) is 0 Å². The minimum atomic E-state index is -0.0794. The van der Waals surface area contributed by atoms with Gasteiger partial charge in [0.1, 0.15) is 6.10 Å². The number of hydrogen-bond donors (Lipinski definition) is 0. The Bertz CT molecular complexity index is 533. The van der Waals surface area contributed by atoms with Gasteiger partial charge in [0.2, 0.25) is 5.88 Å². The van der Waals surface area contributed by atoms with Crippen molar-refractivity contribution in [1.82, 2.24) is 4.98 Å². The van der Waals surface area contributed by atoms with Crippen LogP contribution in [-0.4, -0.2) is 10.9 Å². The minimum Gasteiger partial charge on any atom is -0.469 e. The molecule has 0 aliphatic carbocycles. The molecule has 1 atom stereocenters. The topological polar surface area (TPSA) is 22.1 Å². The first-order valence-electron chi connectivity index (χ1n) is 6.11. The van der Waals surface area contributed by atoms with Crippen molar-refractivity contribution in [3.63, 3.8) is 0 Å². The summed E-state index contributed by atoms with van der Waals surface area (Å²) in [5.74, 6) is 1.15. The first-order valence-corrected chi connectivity index (χ1v) is 7.44. The molecule has 0 aliphatic rings. The monoisotopic (exact) mass is 339 g/mol. The Morgan fingerprint density at radius 1 is 1.21 bits per heavy atom. The molecule has 2 rings (SSSR count). The molecule has 100 valence electrons. The maximum Gasteiger partial charge on any atom is 0.228 e. The first kappa shape index (κ1) is 14.4. The van der Waals surface area contributed by atoms with Crippen molar-refractivity contribution in [1.29, 1.82) is 0 Å². The molecule has 0 aliphatic heterocycles. The average molecular weight is 341 g/mol. The fourth-order valence-corrected chi connectivity index (χ4v) is 2.31. The summed E-state index contributed by atoms with van der Waals surface area (Å²) in [5, 5.41) is 0. The Hall–Kier alpha value is -1.06. The van der Waals surface area contributed by atoms with E-state index in [1.165, 1.54) is 0 Å². The molecule has 4 heteroatoms. The highest BCUT2D eigenvalue weighted by Gasteiger charge is 2.15. The third-order valence-electron chi connectivity index (χ3n) is 2.75. The van der Waals surface area contributed by atoms with Crippen LogP contribution >= 0.6 is 27.5 Å². The van der Waals surface area contributed by atoms with Gasteiger partial charge in [-0.2, -0.15) is 0 Å². The molecule has 1 aromatic heterocycles. The van der Waals surface area contributed by atoms with Crippen LogP contribution in [-0.2, 0) is 0 Å². The van der Waals surface area contributed by atoms with Gasteiger partial charge in [-0.3, -0.25) is 0 Å². The van der Waals surface area contributed by atoms with E-state index in [9.17, 15) is 0 Å². The summed E-state index contributed by atoms with van der Waals surface area (Å²) in [4.78, 5) is 4.41. The van der Waals surface area contributed by atoms with Gasteiger partial charge >= 0.3 is 0 Å². The molecule has 19 heavy (non-hydrogen) atoms. The number of aryl methyl sites for hydroxylation is 1. The van der Waals surface area contributed by atoms with Crippen LogP contribution in [0.1, 0.15) is 23.8 Å². The number of benzene rings is 1. The number of ether oxygens (including phenoxy) is 1. The Morgan fingerprint density at radius 2 is 1.95 bits per heavy atom. The quantitative estimate of drug-likeness (QED) is 0.722. The predicted molar refractivity (Wildman–Crippen MR) is 81.8 cm³/mol. The lowest BCUT2D eigenvalue weighted by Crippen LogP contribution is -2.10. The van der Waals surface area contributed by atoms with Crippen LogP contribution in [0, 0.1) is 6.92 Å². The Kier molecular flexibility index (Phi) is 5.23. The van der Waals surface area contributed by atoms with E-state index < -0.39 is 0 Å². The molecule has 1 unspecified atom stereocenters. The number of hydrogen-bond acceptors (Lipinski definition) is 2. The molecular weight excluding hydrogens is 326 g/mol. The standard InChI is InChI=1S/C15H15BrClNO/c1-11-7-8-13(16)15(18-11)19-14(9-10-17)12-5-3-2-4-6-12/h2-8,14H,9-10H2,1H3. The number of halogens is 2. The van der Waals surface area contributed by atoms with Crippen molar-refractivity contribution >= 4 is 27.5 Å². The lowest BCUT2D eigenvalue weighted by atomic mass is 10.1. The molecule has 2 aromatic rings. The second-order valence-electron chi connectivity index (χ2n) is 4.23. The molecule has 0 saturated carbocycles. The van der Waals surface area contributed by atoms with Gasteiger partial charge < -0.3 is 4.74 Å². The highest BCUT2D eigenvalue weighted by molar-refractivity contribution is 9.10. The predicted octanol–water partition coefficient (Wildman–Crippen LogP) is 4.90. The number of alkyl halides is 1. The van der Waals surface area contributed by atoms with Crippen molar-refractivity contribution in [2.75, 3.05) is 5.88 Å². The van der Waals surface area contributed by atoms with Gasteiger partial charge in [-0.25, -0.2) is 4.98 Å². The number of rotatable bonds is 5. The third kappa shape index (κ3) is 3.95. The van der Waals surface area contributed by atoms with Gasteiger partial charge in [-0.1, -0.05) is 30.3 Å². The summed E-state index contributed by atoms with van der Waals surface area (Å²) in [5.41, 5.74) is 2.04. The highest BCUT2D eigenvalue weighted by Crippen LogP contribution is 2.29. The minimum absolute atomic E-state index is 0.0794. The van der Waals surface area contributed by atoms with E-state index in [-0.39, 0.29) is 6.10 Å². The van der Waals surface area contributed by atoms with E-state index in [0.717, 1.165) is 22.2 Å². The fraction of sp³-hybridized carbons (Fsp3) is 0.267. The molecule has 2 nitrogen and oxygen atoms in total. The van der Waals surface area contributed by atoms with Gasteiger partial charge in [0, 0.05) is 18.0 Å². The summed E-state index contributed by atoms with van der Waals surface area (Å²) in [6.07, 6.45) is 0.664. The number of nitrogens with zero attached hydrogens (tertiary/aromatic N) is 1. The van der Waals surface area contributed by atoms with Gasteiger partial charge in [-0.15, -0.1) is 11.6 Å². The molecule has 0 N–H and O–H groups in total. The summed E-state index contributed by atoms with van der Waals surface area (Å²) >= 11 is 9.33. The zero-order chi connectivity index (χ0) is 13.7. The van der Waals surface area contributed by atoms with Gasteiger partial charge in [0.15, 0.2) is 0 Å². The zero-order valence-corrected chi connectivity index (χ0v) is 13.0. The van der Waals surface area contributed by atoms with Crippen molar-refractivity contribution in [3.05, 3.63) is 58.2 Å². The van der Waals surface area contributed by atoms with E-state index in [4.69, 9.17) is 16.3 Å². The smallest absolute Gasteiger partial charge is 0.228 e. The van der Waals surface area contributed by atoms with Crippen molar-refractivity contribution in [2.45, 2.75) is 19.4 Å². The SMILES string of the molecule is Cc1ccc(Br)c(OC(CCCl)c2ccccc2)n1. The highest BCUT2D eigenvalue weighted by atomic mass is 79.9. The molecule has 0 spiro atoms. The van der Waals surface area contributed by atoms with Crippen LogP contribution in [0.4, 0.5) is 0 Å². The molecule has 1 heterocycles. The van der Waals surface area contributed by atoms with Gasteiger partial charge in [-0.05, 0) is 40.5 Å². The van der Waals surface area contributed by atoms with Crippen LogP contribution < -0.4 is 4.74 Å².